The number of hydrogen-bond donors (Lipinski definition) is 3. The molecule has 1 aromatic carbocycles. The largest absolute Gasteiger partial charge is 0.396 e. The molecule has 112 valence electrons. The predicted octanol–water partition coefficient (Wildman–Crippen LogP) is 3.28. The van der Waals surface area contributed by atoms with Gasteiger partial charge < -0.3 is 15.7 Å². The second-order valence-corrected chi connectivity index (χ2v) is 5.18. The molecule has 20 heavy (non-hydrogen) atoms. The Morgan fingerprint density at radius 1 is 1.35 bits per heavy atom. The van der Waals surface area contributed by atoms with Gasteiger partial charge in [0.2, 0.25) is 0 Å². The van der Waals surface area contributed by atoms with Crippen molar-refractivity contribution >= 4 is 23.5 Å². The number of carbonyl (C=O) groups is 1. The lowest BCUT2D eigenvalue weighted by molar-refractivity contribution is 0.237. The van der Waals surface area contributed by atoms with E-state index >= 15 is 0 Å². The minimum atomic E-state index is -2.46. The van der Waals surface area contributed by atoms with E-state index in [1.807, 2.05) is 6.92 Å². The van der Waals surface area contributed by atoms with Crippen LogP contribution < -0.4 is 10.6 Å². The van der Waals surface area contributed by atoms with E-state index < -0.39 is 5.76 Å². The summed E-state index contributed by atoms with van der Waals surface area (Å²) in [5, 5.41) is 14.2. The van der Waals surface area contributed by atoms with Crippen molar-refractivity contribution in [2.75, 3.05) is 11.9 Å². The standard InChI is InChI=1S/C13H18F2N2O2S/c1-2-9(7-8-18)16-13(19)17-10-3-5-11(6-4-10)20-12(14)15/h3-6,9,12,18H,2,7-8H2,1H3,(H2,16,17,19)/t9-/m0/s1. The highest BCUT2D eigenvalue weighted by Crippen LogP contribution is 2.26. The number of anilines is 1. The van der Waals surface area contributed by atoms with Gasteiger partial charge >= 0.3 is 6.03 Å². The first kappa shape index (κ1) is 16.7. The Bertz CT molecular complexity index is 415. The normalized spacial score (nSPS) is 12.2. The molecule has 0 aliphatic heterocycles. The quantitative estimate of drug-likeness (QED) is 0.677. The van der Waals surface area contributed by atoms with Crippen LogP contribution in [0.1, 0.15) is 19.8 Å². The molecule has 4 nitrogen and oxygen atoms in total. The molecule has 0 fully saturated rings. The lowest BCUT2D eigenvalue weighted by atomic mass is 10.2. The maximum absolute atomic E-state index is 12.1. The van der Waals surface area contributed by atoms with Crippen LogP contribution in [0.2, 0.25) is 0 Å². The number of aliphatic hydroxyl groups is 1. The molecule has 7 heteroatoms. The molecule has 0 heterocycles. The van der Waals surface area contributed by atoms with Crippen molar-refractivity contribution in [1.29, 1.82) is 0 Å². The zero-order chi connectivity index (χ0) is 15.0. The van der Waals surface area contributed by atoms with E-state index in [2.05, 4.69) is 10.6 Å². The van der Waals surface area contributed by atoms with Crippen LogP contribution in [-0.2, 0) is 0 Å². The minimum Gasteiger partial charge on any atom is -0.396 e. The first-order valence-corrected chi connectivity index (χ1v) is 7.16. The molecule has 1 atom stereocenters. The fourth-order valence-corrected chi connectivity index (χ4v) is 2.11. The Kier molecular flexibility index (Phi) is 7.32. The molecule has 0 spiro atoms. The Balaban J connectivity index is 2.49. The first-order chi connectivity index (χ1) is 9.55. The van der Waals surface area contributed by atoms with Gasteiger partial charge in [0.05, 0.1) is 0 Å². The zero-order valence-corrected chi connectivity index (χ0v) is 11.9. The van der Waals surface area contributed by atoms with Crippen LogP contribution in [0, 0.1) is 0 Å². The summed E-state index contributed by atoms with van der Waals surface area (Å²) in [5.41, 5.74) is 0.528. The van der Waals surface area contributed by atoms with E-state index in [-0.39, 0.29) is 18.7 Å². The van der Waals surface area contributed by atoms with Gasteiger partial charge in [0.1, 0.15) is 0 Å². The summed E-state index contributed by atoms with van der Waals surface area (Å²) in [5.74, 6) is -2.46. The number of nitrogens with one attached hydrogen (secondary N) is 2. The Morgan fingerprint density at radius 2 is 2.00 bits per heavy atom. The van der Waals surface area contributed by atoms with Gasteiger partial charge in [-0.3, -0.25) is 0 Å². The second kappa shape index (κ2) is 8.76. The summed E-state index contributed by atoms with van der Waals surface area (Å²) in [4.78, 5) is 12.1. The van der Waals surface area contributed by atoms with Gasteiger partial charge in [0, 0.05) is 23.2 Å². The number of amides is 2. The average Bonchev–Trinajstić information content (AvgIpc) is 2.40. The highest BCUT2D eigenvalue weighted by atomic mass is 32.2. The Labute approximate surface area is 120 Å². The number of alkyl halides is 2. The highest BCUT2D eigenvalue weighted by Gasteiger charge is 2.10. The zero-order valence-electron chi connectivity index (χ0n) is 11.1. The fraction of sp³-hybridized carbons (Fsp3) is 0.462. The number of carbonyl (C=O) groups excluding carboxylic acids is 1. The van der Waals surface area contributed by atoms with Gasteiger partial charge in [-0.25, -0.2) is 4.79 Å². The number of rotatable bonds is 7. The van der Waals surface area contributed by atoms with Crippen LogP contribution in [-0.4, -0.2) is 29.5 Å². The van der Waals surface area contributed by atoms with Crippen molar-refractivity contribution in [2.45, 2.75) is 36.5 Å². The van der Waals surface area contributed by atoms with Crippen molar-refractivity contribution in [2.24, 2.45) is 0 Å². The lowest BCUT2D eigenvalue weighted by Gasteiger charge is -2.16. The van der Waals surface area contributed by atoms with Crippen molar-refractivity contribution in [1.82, 2.24) is 5.32 Å². The molecule has 0 saturated heterocycles. The van der Waals surface area contributed by atoms with Crippen molar-refractivity contribution in [3.63, 3.8) is 0 Å². The maximum Gasteiger partial charge on any atom is 0.319 e. The van der Waals surface area contributed by atoms with Gasteiger partial charge in [-0.05, 0) is 37.1 Å². The molecule has 0 bridgehead atoms. The van der Waals surface area contributed by atoms with Crippen LogP contribution in [0.4, 0.5) is 19.3 Å². The molecule has 0 radical (unpaired) electrons. The molecule has 0 aliphatic carbocycles. The third-order valence-electron chi connectivity index (χ3n) is 2.64. The molecule has 0 aromatic heterocycles. The van der Waals surface area contributed by atoms with Crippen LogP contribution >= 0.6 is 11.8 Å². The number of aliphatic hydroxyl groups excluding tert-OH is 1. The molecule has 1 rings (SSSR count). The summed E-state index contributed by atoms with van der Waals surface area (Å²) >= 11 is 0.457. The van der Waals surface area contributed by atoms with Crippen molar-refractivity contribution < 1.29 is 18.7 Å². The predicted molar refractivity (Wildman–Crippen MR) is 76.2 cm³/mol. The first-order valence-electron chi connectivity index (χ1n) is 6.28. The van der Waals surface area contributed by atoms with Crippen molar-refractivity contribution in [3.8, 4) is 0 Å². The second-order valence-electron chi connectivity index (χ2n) is 4.12. The van der Waals surface area contributed by atoms with Crippen molar-refractivity contribution in [3.05, 3.63) is 24.3 Å². The third-order valence-corrected chi connectivity index (χ3v) is 3.37. The summed E-state index contributed by atoms with van der Waals surface area (Å²) < 4.78 is 24.3. The minimum absolute atomic E-state index is 0.0122. The average molecular weight is 304 g/mol. The van der Waals surface area contributed by atoms with E-state index in [9.17, 15) is 13.6 Å². The van der Waals surface area contributed by atoms with Gasteiger partial charge in [0.25, 0.3) is 5.76 Å². The third kappa shape index (κ3) is 6.21. The molecule has 0 unspecified atom stereocenters. The molecular formula is C13H18F2N2O2S. The molecule has 3 N–H and O–H groups in total. The Hall–Kier alpha value is -1.34. The van der Waals surface area contributed by atoms with E-state index in [1.54, 1.807) is 12.1 Å². The monoisotopic (exact) mass is 304 g/mol. The lowest BCUT2D eigenvalue weighted by Crippen LogP contribution is -2.38. The number of urea groups is 1. The van der Waals surface area contributed by atoms with Crippen LogP contribution in [0.25, 0.3) is 0 Å². The van der Waals surface area contributed by atoms with E-state index in [4.69, 9.17) is 5.11 Å². The number of hydrogen-bond acceptors (Lipinski definition) is 3. The van der Waals surface area contributed by atoms with E-state index in [0.29, 0.717) is 28.8 Å². The van der Waals surface area contributed by atoms with E-state index in [1.165, 1.54) is 12.1 Å². The summed E-state index contributed by atoms with van der Waals surface area (Å²) in [6.45, 7) is 1.93. The van der Waals surface area contributed by atoms with Gasteiger partial charge in [-0.2, -0.15) is 8.78 Å². The highest BCUT2D eigenvalue weighted by molar-refractivity contribution is 7.99. The number of thioether (sulfide) groups is 1. The SMILES string of the molecule is CC[C@@H](CCO)NC(=O)Nc1ccc(SC(F)F)cc1. The van der Waals surface area contributed by atoms with Gasteiger partial charge in [-0.1, -0.05) is 18.7 Å². The molecule has 2 amide bonds. The topological polar surface area (TPSA) is 61.4 Å². The van der Waals surface area contributed by atoms with Gasteiger partial charge in [0.15, 0.2) is 0 Å². The smallest absolute Gasteiger partial charge is 0.319 e. The van der Waals surface area contributed by atoms with E-state index in [0.717, 1.165) is 6.42 Å². The molecular weight excluding hydrogens is 286 g/mol. The molecule has 0 saturated carbocycles. The fourth-order valence-electron chi connectivity index (χ4n) is 1.61. The van der Waals surface area contributed by atoms with Crippen LogP contribution in [0.5, 0.6) is 0 Å². The number of benzene rings is 1. The summed E-state index contributed by atoms with van der Waals surface area (Å²) in [6, 6.07) is 5.72. The summed E-state index contributed by atoms with van der Waals surface area (Å²) in [7, 11) is 0. The Morgan fingerprint density at radius 3 is 2.50 bits per heavy atom. The molecule has 0 aliphatic rings. The summed E-state index contributed by atoms with van der Waals surface area (Å²) in [6.07, 6.45) is 1.21. The van der Waals surface area contributed by atoms with Gasteiger partial charge in [-0.15, -0.1) is 0 Å². The maximum atomic E-state index is 12.1. The number of halogens is 2. The molecule has 1 aromatic rings. The van der Waals surface area contributed by atoms with Crippen LogP contribution in [0.15, 0.2) is 29.2 Å². The van der Waals surface area contributed by atoms with Crippen LogP contribution in [0.3, 0.4) is 0 Å².